The first kappa shape index (κ1) is 20.9. The Morgan fingerprint density at radius 3 is 2.61 bits per heavy atom. The van der Waals surface area contributed by atoms with E-state index in [0.29, 0.717) is 22.6 Å². The fraction of sp³-hybridized carbons (Fsp3) is 0.273. The number of hydrogen-bond acceptors (Lipinski definition) is 4. The van der Waals surface area contributed by atoms with Gasteiger partial charge in [0.1, 0.15) is 17.2 Å². The fourth-order valence-corrected chi connectivity index (χ4v) is 3.38. The van der Waals surface area contributed by atoms with Gasteiger partial charge in [0.2, 0.25) is 0 Å². The van der Waals surface area contributed by atoms with Crippen LogP contribution in [0, 0.1) is 6.92 Å². The highest BCUT2D eigenvalue weighted by Crippen LogP contribution is 2.30. The second-order valence-electron chi connectivity index (χ2n) is 7.61. The van der Waals surface area contributed by atoms with E-state index in [-0.39, 0.29) is 12.2 Å². The number of benzene rings is 1. The SMILES string of the molecule is Cc1c(OCC(F)(F)F)ccnc1CC(C)(O)c1nc2cc(-n3cccc3)ccc2[nH]1. The number of nitrogens with one attached hydrogen (secondary N) is 1. The minimum atomic E-state index is -4.44. The summed E-state index contributed by atoms with van der Waals surface area (Å²) in [5.74, 6) is 0.425. The molecule has 0 saturated heterocycles. The zero-order chi connectivity index (χ0) is 22.2. The molecule has 0 bridgehead atoms. The molecule has 3 heterocycles. The number of rotatable bonds is 6. The molecule has 0 aliphatic heterocycles. The molecule has 0 fully saturated rings. The monoisotopic (exact) mass is 430 g/mol. The Balaban J connectivity index is 1.59. The number of aromatic amines is 1. The van der Waals surface area contributed by atoms with Crippen LogP contribution in [0.2, 0.25) is 0 Å². The molecular weight excluding hydrogens is 409 g/mol. The van der Waals surface area contributed by atoms with Crippen molar-refractivity contribution in [1.82, 2.24) is 19.5 Å². The summed E-state index contributed by atoms with van der Waals surface area (Å²) in [4.78, 5) is 11.9. The van der Waals surface area contributed by atoms with Gasteiger partial charge >= 0.3 is 6.18 Å². The van der Waals surface area contributed by atoms with Gasteiger partial charge in [-0.15, -0.1) is 0 Å². The van der Waals surface area contributed by atoms with E-state index in [0.717, 1.165) is 11.2 Å². The molecule has 0 spiro atoms. The molecule has 3 aromatic heterocycles. The van der Waals surface area contributed by atoms with Gasteiger partial charge in [-0.25, -0.2) is 4.98 Å². The molecule has 1 aromatic carbocycles. The molecule has 0 aliphatic rings. The number of imidazole rings is 1. The number of halogens is 3. The van der Waals surface area contributed by atoms with Crippen LogP contribution >= 0.6 is 0 Å². The molecule has 4 aromatic rings. The quantitative estimate of drug-likeness (QED) is 0.474. The first-order chi connectivity index (χ1) is 14.6. The molecule has 0 saturated carbocycles. The van der Waals surface area contributed by atoms with Crippen molar-refractivity contribution in [3.8, 4) is 11.4 Å². The van der Waals surface area contributed by atoms with E-state index in [1.807, 2.05) is 47.3 Å². The third-order valence-corrected chi connectivity index (χ3v) is 5.04. The van der Waals surface area contributed by atoms with Crippen LogP contribution in [0.25, 0.3) is 16.7 Å². The average Bonchev–Trinajstić information content (AvgIpc) is 3.37. The predicted octanol–water partition coefficient (Wildman–Crippen LogP) is 4.45. The third kappa shape index (κ3) is 4.56. The van der Waals surface area contributed by atoms with E-state index in [9.17, 15) is 18.3 Å². The molecule has 31 heavy (non-hydrogen) atoms. The molecule has 0 radical (unpaired) electrons. The van der Waals surface area contributed by atoms with Crippen LogP contribution in [-0.2, 0) is 12.0 Å². The van der Waals surface area contributed by atoms with Crippen LogP contribution in [0.15, 0.2) is 55.0 Å². The lowest BCUT2D eigenvalue weighted by atomic mass is 9.96. The highest BCUT2D eigenvalue weighted by atomic mass is 19.4. The minimum Gasteiger partial charge on any atom is -0.484 e. The summed E-state index contributed by atoms with van der Waals surface area (Å²) in [5, 5.41) is 11.1. The maximum absolute atomic E-state index is 12.5. The van der Waals surface area contributed by atoms with Gasteiger partial charge in [-0.2, -0.15) is 13.2 Å². The summed E-state index contributed by atoms with van der Waals surface area (Å²) >= 11 is 0. The molecule has 162 valence electrons. The normalized spacial score (nSPS) is 14.0. The highest BCUT2D eigenvalue weighted by Gasteiger charge is 2.31. The Labute approximate surface area is 176 Å². The van der Waals surface area contributed by atoms with Crippen molar-refractivity contribution in [2.75, 3.05) is 6.61 Å². The molecule has 6 nitrogen and oxygen atoms in total. The van der Waals surface area contributed by atoms with Gasteiger partial charge in [0.05, 0.1) is 16.7 Å². The number of nitrogens with zero attached hydrogens (tertiary/aromatic N) is 3. The van der Waals surface area contributed by atoms with E-state index >= 15 is 0 Å². The van der Waals surface area contributed by atoms with Gasteiger partial charge in [-0.3, -0.25) is 4.98 Å². The lowest BCUT2D eigenvalue weighted by molar-refractivity contribution is -0.153. The van der Waals surface area contributed by atoms with Crippen LogP contribution in [-0.4, -0.2) is 37.4 Å². The van der Waals surface area contributed by atoms with Crippen molar-refractivity contribution >= 4 is 11.0 Å². The van der Waals surface area contributed by atoms with Crippen molar-refractivity contribution < 1.29 is 23.0 Å². The average molecular weight is 430 g/mol. The van der Waals surface area contributed by atoms with Gasteiger partial charge in [0, 0.05) is 36.3 Å². The van der Waals surface area contributed by atoms with Gasteiger partial charge in [-0.1, -0.05) is 0 Å². The van der Waals surface area contributed by atoms with Crippen molar-refractivity contribution in [3.63, 3.8) is 0 Å². The zero-order valence-corrected chi connectivity index (χ0v) is 16.9. The summed E-state index contributed by atoms with van der Waals surface area (Å²) in [6, 6.07) is 10.9. The predicted molar refractivity (Wildman–Crippen MR) is 109 cm³/mol. The second kappa shape index (κ2) is 7.73. The van der Waals surface area contributed by atoms with Crippen molar-refractivity contribution in [2.24, 2.45) is 0 Å². The molecular formula is C22H21F3N4O2. The summed E-state index contributed by atoms with van der Waals surface area (Å²) in [5.41, 5.74) is 1.83. The summed E-state index contributed by atoms with van der Waals surface area (Å²) in [7, 11) is 0. The highest BCUT2D eigenvalue weighted by molar-refractivity contribution is 5.77. The van der Waals surface area contributed by atoms with Crippen molar-refractivity contribution in [2.45, 2.75) is 32.0 Å². The Morgan fingerprint density at radius 1 is 1.16 bits per heavy atom. The van der Waals surface area contributed by atoms with Gasteiger partial charge in [0.25, 0.3) is 0 Å². The Bertz CT molecular complexity index is 1200. The molecule has 4 rings (SSSR count). The summed E-state index contributed by atoms with van der Waals surface area (Å²) in [6.45, 7) is 1.81. The molecule has 2 N–H and O–H groups in total. The van der Waals surface area contributed by atoms with Gasteiger partial charge in [0.15, 0.2) is 6.61 Å². The van der Waals surface area contributed by atoms with Crippen LogP contribution < -0.4 is 4.74 Å². The first-order valence-electron chi connectivity index (χ1n) is 9.62. The number of pyridine rings is 1. The number of H-pyrrole nitrogens is 1. The van der Waals surface area contributed by atoms with Crippen molar-refractivity contribution in [3.05, 3.63) is 72.1 Å². The van der Waals surface area contributed by atoms with Gasteiger partial charge < -0.3 is 19.4 Å². The first-order valence-corrected chi connectivity index (χ1v) is 9.62. The second-order valence-corrected chi connectivity index (χ2v) is 7.61. The number of ether oxygens (including phenoxy) is 1. The van der Waals surface area contributed by atoms with Crippen LogP contribution in [0.1, 0.15) is 24.0 Å². The topological polar surface area (TPSA) is 76.0 Å². The maximum atomic E-state index is 12.5. The summed E-state index contributed by atoms with van der Waals surface area (Å²) in [6.07, 6.45) is 0.827. The van der Waals surface area contributed by atoms with E-state index in [2.05, 4.69) is 15.0 Å². The van der Waals surface area contributed by atoms with Crippen LogP contribution in [0.3, 0.4) is 0 Å². The zero-order valence-electron chi connectivity index (χ0n) is 16.9. The van der Waals surface area contributed by atoms with E-state index < -0.39 is 18.4 Å². The molecule has 1 unspecified atom stereocenters. The Morgan fingerprint density at radius 2 is 1.90 bits per heavy atom. The number of aromatic nitrogens is 4. The van der Waals surface area contributed by atoms with E-state index in [4.69, 9.17) is 4.74 Å². The van der Waals surface area contributed by atoms with E-state index in [1.54, 1.807) is 13.8 Å². The smallest absolute Gasteiger partial charge is 0.422 e. The van der Waals surface area contributed by atoms with Crippen LogP contribution in [0.4, 0.5) is 13.2 Å². The molecule has 0 amide bonds. The van der Waals surface area contributed by atoms with Crippen molar-refractivity contribution in [1.29, 1.82) is 0 Å². The molecule has 0 aliphatic carbocycles. The minimum absolute atomic E-state index is 0.0479. The standard InChI is InChI=1S/C22H21F3N4O2/c1-14-18(26-8-7-19(14)31-13-22(23,24)25)12-21(2,30)20-27-16-6-5-15(11-17(16)28-20)29-9-3-4-10-29/h3-11,30H,12-13H2,1-2H3,(H,27,28). The molecule has 9 heteroatoms. The van der Waals surface area contributed by atoms with Crippen LogP contribution in [0.5, 0.6) is 5.75 Å². The Kier molecular flexibility index (Phi) is 5.22. The molecule has 1 atom stereocenters. The summed E-state index contributed by atoms with van der Waals surface area (Å²) < 4.78 is 44.3. The largest absolute Gasteiger partial charge is 0.484 e. The maximum Gasteiger partial charge on any atom is 0.422 e. The number of alkyl halides is 3. The fourth-order valence-electron chi connectivity index (χ4n) is 3.38. The number of aliphatic hydroxyl groups is 1. The Hall–Kier alpha value is -3.33. The lowest BCUT2D eigenvalue weighted by Crippen LogP contribution is -2.27. The number of fused-ring (bicyclic) bond motifs is 1. The third-order valence-electron chi connectivity index (χ3n) is 5.04. The van der Waals surface area contributed by atoms with E-state index in [1.165, 1.54) is 12.3 Å². The van der Waals surface area contributed by atoms with Gasteiger partial charge in [-0.05, 0) is 50.2 Å². The number of hydrogen-bond donors (Lipinski definition) is 2. The lowest BCUT2D eigenvalue weighted by Gasteiger charge is -2.22.